The molecule has 1 amide bonds. The van der Waals surface area contributed by atoms with Crippen LogP contribution in [0.5, 0.6) is 0 Å². The van der Waals surface area contributed by atoms with Crippen LogP contribution < -0.4 is 5.32 Å². The van der Waals surface area contributed by atoms with Gasteiger partial charge in [0.25, 0.3) is 0 Å². The molecule has 7 nitrogen and oxygen atoms in total. The Balaban J connectivity index is 1.17. The Morgan fingerprint density at radius 2 is 1.47 bits per heavy atom. The van der Waals surface area contributed by atoms with Gasteiger partial charge in [-0.3, -0.25) is 14.6 Å². The topological polar surface area (TPSA) is 66.3 Å². The molecule has 3 aromatic carbocycles. The number of aromatic nitrogens is 3. The number of thiol groups is 1. The number of rotatable bonds is 10. The fraction of sp³-hybridized carbons (Fsp3) is 0.300. The molecule has 196 valence electrons. The maximum Gasteiger partial charge on any atom is 0.245 e. The first-order valence-corrected chi connectivity index (χ1v) is 13.6. The second-order valence-corrected chi connectivity index (χ2v) is 10.2. The van der Waals surface area contributed by atoms with E-state index in [0.29, 0.717) is 13.0 Å². The number of carbonyl (C=O) groups is 1. The van der Waals surface area contributed by atoms with Gasteiger partial charge in [-0.1, -0.05) is 78.0 Å². The van der Waals surface area contributed by atoms with E-state index in [1.807, 2.05) is 60.8 Å². The largest absolute Gasteiger partial charge is 0.353 e. The van der Waals surface area contributed by atoms with Crippen LogP contribution >= 0.6 is 12.6 Å². The minimum Gasteiger partial charge on any atom is -0.353 e. The van der Waals surface area contributed by atoms with Gasteiger partial charge in [-0.25, -0.2) is 4.68 Å². The van der Waals surface area contributed by atoms with Crippen molar-refractivity contribution in [2.45, 2.75) is 23.9 Å². The average molecular weight is 527 g/mol. The quantitative estimate of drug-likeness (QED) is 0.307. The van der Waals surface area contributed by atoms with Crippen LogP contribution in [0.1, 0.15) is 17.2 Å². The van der Waals surface area contributed by atoms with E-state index >= 15 is 0 Å². The van der Waals surface area contributed by atoms with Crippen LogP contribution in [0.3, 0.4) is 0 Å². The summed E-state index contributed by atoms with van der Waals surface area (Å²) in [7, 11) is 0. The highest BCUT2D eigenvalue weighted by molar-refractivity contribution is 7.80. The summed E-state index contributed by atoms with van der Waals surface area (Å²) in [5.74, 6) is -0.0428. The first kappa shape index (κ1) is 26.2. The molecule has 1 saturated heterocycles. The summed E-state index contributed by atoms with van der Waals surface area (Å²) in [6.45, 7) is 6.52. The van der Waals surface area contributed by atoms with E-state index in [9.17, 15) is 4.79 Å². The van der Waals surface area contributed by atoms with Gasteiger partial charge < -0.3 is 5.32 Å². The van der Waals surface area contributed by atoms with E-state index in [0.717, 1.165) is 61.0 Å². The second kappa shape index (κ2) is 12.9. The summed E-state index contributed by atoms with van der Waals surface area (Å²) in [6, 6.07) is 28.0. The summed E-state index contributed by atoms with van der Waals surface area (Å²) in [5.41, 5.74) is 4.11. The summed E-state index contributed by atoms with van der Waals surface area (Å²) in [5, 5.41) is 11.9. The molecule has 4 aromatic rings. The number of benzene rings is 3. The molecule has 0 bridgehead atoms. The molecule has 1 aliphatic rings. The Labute approximate surface area is 229 Å². The van der Waals surface area contributed by atoms with Crippen LogP contribution in [0.4, 0.5) is 0 Å². The van der Waals surface area contributed by atoms with Crippen molar-refractivity contribution in [3.8, 4) is 11.3 Å². The lowest BCUT2D eigenvalue weighted by Crippen LogP contribution is -2.48. The highest BCUT2D eigenvalue weighted by Crippen LogP contribution is 2.21. The van der Waals surface area contributed by atoms with Crippen LogP contribution in [0.25, 0.3) is 11.3 Å². The van der Waals surface area contributed by atoms with Gasteiger partial charge in [0.05, 0.1) is 6.20 Å². The van der Waals surface area contributed by atoms with Gasteiger partial charge >= 0.3 is 0 Å². The Bertz CT molecular complexity index is 1290. The Hall–Kier alpha value is -3.46. The number of hydrogen-bond acceptors (Lipinski definition) is 6. The summed E-state index contributed by atoms with van der Waals surface area (Å²) >= 11 is 4.36. The number of nitrogens with zero attached hydrogens (tertiary/aromatic N) is 5. The highest BCUT2D eigenvalue weighted by Gasteiger charge is 2.23. The molecular formula is C30H34N6OS. The lowest BCUT2D eigenvalue weighted by molar-refractivity contribution is -0.124. The minimum absolute atomic E-state index is 0.0428. The van der Waals surface area contributed by atoms with Crippen molar-refractivity contribution in [1.29, 1.82) is 0 Å². The van der Waals surface area contributed by atoms with E-state index in [4.69, 9.17) is 0 Å². The molecule has 1 aliphatic heterocycles. The van der Waals surface area contributed by atoms with Crippen molar-refractivity contribution in [1.82, 2.24) is 30.1 Å². The third-order valence-electron chi connectivity index (χ3n) is 7.01. The van der Waals surface area contributed by atoms with Crippen molar-refractivity contribution in [3.63, 3.8) is 0 Å². The second-order valence-electron chi connectivity index (χ2n) is 9.73. The molecule has 1 atom stereocenters. The van der Waals surface area contributed by atoms with Gasteiger partial charge in [-0.2, -0.15) is 0 Å². The van der Waals surface area contributed by atoms with Crippen molar-refractivity contribution in [2.75, 3.05) is 39.3 Å². The molecule has 1 N–H and O–H groups in total. The first-order valence-electron chi connectivity index (χ1n) is 13.2. The van der Waals surface area contributed by atoms with E-state index in [2.05, 4.69) is 68.4 Å². The molecule has 2 heterocycles. The van der Waals surface area contributed by atoms with Gasteiger partial charge in [0.1, 0.15) is 11.7 Å². The molecule has 0 radical (unpaired) electrons. The average Bonchev–Trinajstić information content (AvgIpc) is 3.44. The lowest BCUT2D eigenvalue weighted by Gasteiger charge is -2.34. The van der Waals surface area contributed by atoms with E-state index in [1.165, 1.54) is 5.56 Å². The zero-order valence-corrected chi connectivity index (χ0v) is 22.4. The molecule has 1 aromatic heterocycles. The fourth-order valence-corrected chi connectivity index (χ4v) is 4.95. The molecule has 8 heteroatoms. The van der Waals surface area contributed by atoms with Crippen molar-refractivity contribution in [3.05, 3.63) is 102 Å². The van der Waals surface area contributed by atoms with Crippen molar-refractivity contribution in [2.24, 2.45) is 0 Å². The Morgan fingerprint density at radius 3 is 2.16 bits per heavy atom. The fourth-order valence-electron chi connectivity index (χ4n) is 4.80. The van der Waals surface area contributed by atoms with Gasteiger partial charge in [0.15, 0.2) is 0 Å². The molecule has 1 fully saturated rings. The third kappa shape index (κ3) is 7.10. The monoisotopic (exact) mass is 526 g/mol. The van der Waals surface area contributed by atoms with Crippen LogP contribution in [-0.2, 0) is 17.8 Å². The number of hydrogen-bond donors (Lipinski definition) is 2. The number of nitrogens with one attached hydrogen (secondary N) is 1. The van der Waals surface area contributed by atoms with E-state index in [1.54, 1.807) is 4.68 Å². The van der Waals surface area contributed by atoms with Gasteiger partial charge in [0, 0.05) is 62.7 Å². The standard InChI is InChI=1S/C30H34N6OS/c37-30(31-15-16-34-17-19-35(20-18-34)22-25-9-5-2-6-10-25)29(21-24-7-3-1-4-8-24)36-23-28(32-33-36)26-11-13-27(38)14-12-26/h1-14,23,29,38H,15-22H2,(H,31,37)/t29-/m0/s1. The molecule has 0 aliphatic carbocycles. The highest BCUT2D eigenvalue weighted by atomic mass is 32.1. The lowest BCUT2D eigenvalue weighted by atomic mass is 10.1. The van der Waals surface area contributed by atoms with E-state index in [-0.39, 0.29) is 5.91 Å². The Morgan fingerprint density at radius 1 is 0.842 bits per heavy atom. The smallest absolute Gasteiger partial charge is 0.245 e. The zero-order chi connectivity index (χ0) is 26.2. The third-order valence-corrected chi connectivity index (χ3v) is 7.31. The first-order chi connectivity index (χ1) is 18.6. The number of piperazine rings is 1. The minimum atomic E-state index is -0.481. The van der Waals surface area contributed by atoms with Crippen LogP contribution in [0.15, 0.2) is 96.0 Å². The summed E-state index contributed by atoms with van der Waals surface area (Å²) < 4.78 is 1.69. The van der Waals surface area contributed by atoms with Crippen molar-refractivity contribution < 1.29 is 4.79 Å². The normalized spacial score (nSPS) is 15.3. The predicted octanol–water partition coefficient (Wildman–Crippen LogP) is 3.95. The molecule has 0 saturated carbocycles. The number of amides is 1. The molecular weight excluding hydrogens is 492 g/mol. The molecule has 0 unspecified atom stereocenters. The maximum absolute atomic E-state index is 13.4. The summed E-state index contributed by atoms with van der Waals surface area (Å²) in [6.07, 6.45) is 2.40. The predicted molar refractivity (Wildman–Crippen MR) is 153 cm³/mol. The molecule has 5 rings (SSSR count). The van der Waals surface area contributed by atoms with E-state index < -0.39 is 6.04 Å². The molecule has 38 heavy (non-hydrogen) atoms. The van der Waals surface area contributed by atoms with Crippen LogP contribution in [0.2, 0.25) is 0 Å². The maximum atomic E-state index is 13.4. The van der Waals surface area contributed by atoms with Gasteiger partial charge in [-0.15, -0.1) is 17.7 Å². The molecule has 0 spiro atoms. The van der Waals surface area contributed by atoms with Crippen LogP contribution in [0, 0.1) is 0 Å². The van der Waals surface area contributed by atoms with Crippen molar-refractivity contribution >= 4 is 18.5 Å². The van der Waals surface area contributed by atoms with Gasteiger partial charge in [-0.05, 0) is 23.3 Å². The van der Waals surface area contributed by atoms with Gasteiger partial charge in [0.2, 0.25) is 5.91 Å². The number of carbonyl (C=O) groups excluding carboxylic acids is 1. The van der Waals surface area contributed by atoms with Crippen LogP contribution in [-0.4, -0.2) is 70.0 Å². The Kier molecular flexibility index (Phi) is 8.86. The zero-order valence-electron chi connectivity index (χ0n) is 21.5. The summed E-state index contributed by atoms with van der Waals surface area (Å²) in [4.78, 5) is 19.2. The SMILES string of the molecule is O=C(NCCN1CCN(Cc2ccccc2)CC1)[C@H](Cc1ccccc1)n1cc(-c2ccc(S)cc2)nn1.